The van der Waals surface area contributed by atoms with Crippen LogP contribution >= 0.6 is 35.6 Å². The third kappa shape index (κ3) is 6.21. The third-order valence-corrected chi connectivity index (χ3v) is 6.05. The lowest BCUT2D eigenvalue weighted by Gasteiger charge is -2.15. The number of alkyl halides is 3. The number of halogens is 4. The van der Waals surface area contributed by atoms with Crippen molar-refractivity contribution < 1.29 is 22.8 Å². The van der Waals surface area contributed by atoms with E-state index in [1.165, 1.54) is 11.0 Å². The van der Waals surface area contributed by atoms with E-state index in [2.05, 4.69) is 5.32 Å². The van der Waals surface area contributed by atoms with Gasteiger partial charge in [0.1, 0.15) is 4.32 Å². The van der Waals surface area contributed by atoms with Crippen LogP contribution in [0.3, 0.4) is 0 Å². The van der Waals surface area contributed by atoms with Crippen molar-refractivity contribution in [2.75, 3.05) is 11.9 Å². The van der Waals surface area contributed by atoms with Gasteiger partial charge in [-0.05, 0) is 29.8 Å². The summed E-state index contributed by atoms with van der Waals surface area (Å²) in [6.45, 7) is 0.00988. The van der Waals surface area contributed by atoms with E-state index in [-0.39, 0.29) is 24.6 Å². The molecule has 2 aromatic rings. The van der Waals surface area contributed by atoms with Crippen LogP contribution in [0, 0.1) is 0 Å². The number of nitrogens with one attached hydrogen (secondary N) is 1. The minimum atomic E-state index is -4.64. The zero-order chi connectivity index (χ0) is 23.3. The molecule has 4 nitrogen and oxygen atoms in total. The van der Waals surface area contributed by atoms with Crippen LogP contribution in [0.15, 0.2) is 65.6 Å². The number of anilines is 1. The first-order valence-corrected chi connectivity index (χ1v) is 10.9. The van der Waals surface area contributed by atoms with Gasteiger partial charge in [0.25, 0.3) is 5.91 Å². The van der Waals surface area contributed by atoms with E-state index in [4.69, 9.17) is 23.8 Å². The summed E-state index contributed by atoms with van der Waals surface area (Å²) in [6.07, 6.45) is 0.470. The number of benzene rings is 2. The van der Waals surface area contributed by atoms with Crippen LogP contribution in [-0.4, -0.2) is 27.6 Å². The summed E-state index contributed by atoms with van der Waals surface area (Å²) in [5, 5.41) is 1.93. The van der Waals surface area contributed by atoms with E-state index in [9.17, 15) is 22.8 Å². The summed E-state index contributed by atoms with van der Waals surface area (Å²) in [5.74, 6) is -0.876. The fourth-order valence-electron chi connectivity index (χ4n) is 2.77. The highest BCUT2D eigenvalue weighted by molar-refractivity contribution is 8.26. The third-order valence-electron chi connectivity index (χ3n) is 4.33. The van der Waals surface area contributed by atoms with Gasteiger partial charge in [0.15, 0.2) is 0 Å². The van der Waals surface area contributed by atoms with E-state index in [0.29, 0.717) is 9.23 Å². The maximum absolute atomic E-state index is 13.0. The van der Waals surface area contributed by atoms with E-state index >= 15 is 0 Å². The Morgan fingerprint density at radius 3 is 2.59 bits per heavy atom. The molecular formula is C22H16ClF3N2O2S2. The summed E-state index contributed by atoms with van der Waals surface area (Å²) in [7, 11) is 0. The second kappa shape index (κ2) is 10.3. The van der Waals surface area contributed by atoms with Gasteiger partial charge in [-0.1, -0.05) is 78.1 Å². The highest BCUT2D eigenvalue weighted by atomic mass is 35.5. The fourth-order valence-corrected chi connectivity index (χ4v) is 4.26. The van der Waals surface area contributed by atoms with Crippen molar-refractivity contribution in [2.45, 2.75) is 12.6 Å². The molecule has 0 atom stereocenters. The van der Waals surface area contributed by atoms with Crippen LogP contribution in [0.4, 0.5) is 18.9 Å². The molecule has 0 aliphatic carbocycles. The summed E-state index contributed by atoms with van der Waals surface area (Å²) in [4.78, 5) is 26.5. The molecule has 1 aliphatic heterocycles. The Kier molecular flexibility index (Phi) is 7.76. The number of hydrogen-bond acceptors (Lipinski definition) is 4. The molecule has 2 aromatic carbocycles. The Bertz CT molecular complexity index is 1100. The number of nitrogens with zero attached hydrogens (tertiary/aromatic N) is 1. The number of hydrogen-bond donors (Lipinski definition) is 1. The topological polar surface area (TPSA) is 49.4 Å². The lowest BCUT2D eigenvalue weighted by molar-refractivity contribution is -0.137. The summed E-state index contributed by atoms with van der Waals surface area (Å²) >= 11 is 11.9. The van der Waals surface area contributed by atoms with Gasteiger partial charge in [0.05, 0.1) is 15.5 Å². The molecule has 0 radical (unpaired) electrons. The van der Waals surface area contributed by atoms with Crippen molar-refractivity contribution in [1.29, 1.82) is 0 Å². The van der Waals surface area contributed by atoms with E-state index < -0.39 is 22.7 Å². The average molecular weight is 497 g/mol. The van der Waals surface area contributed by atoms with Gasteiger partial charge in [-0.25, -0.2) is 0 Å². The first kappa shape index (κ1) is 24.0. The molecule has 3 rings (SSSR count). The van der Waals surface area contributed by atoms with Gasteiger partial charge in [0.2, 0.25) is 5.91 Å². The number of thioether (sulfide) groups is 1. The minimum Gasteiger partial charge on any atom is -0.326 e. The van der Waals surface area contributed by atoms with Crippen molar-refractivity contribution in [3.63, 3.8) is 0 Å². The van der Waals surface area contributed by atoms with Crippen LogP contribution in [0.25, 0.3) is 6.08 Å². The quantitative estimate of drug-likeness (QED) is 0.385. The maximum atomic E-state index is 13.0. The zero-order valence-electron chi connectivity index (χ0n) is 16.4. The van der Waals surface area contributed by atoms with Crippen LogP contribution in [-0.2, 0) is 15.8 Å². The Hall–Kier alpha value is -2.62. The standard InChI is InChI=1S/C22H16ClF3N2O2S2/c23-17-10-9-15(13-16(17)22(24,25)26)27-19(29)11-12-28-20(30)18(32-21(28)31)8-4-7-14-5-2-1-3-6-14/h1-10,13H,11-12H2,(H,27,29)/b7-4+,18-8-. The first-order chi connectivity index (χ1) is 15.1. The predicted octanol–water partition coefficient (Wildman–Crippen LogP) is 6.15. The smallest absolute Gasteiger partial charge is 0.326 e. The maximum Gasteiger partial charge on any atom is 0.417 e. The second-order valence-corrected chi connectivity index (χ2v) is 8.70. The summed E-state index contributed by atoms with van der Waals surface area (Å²) in [5.41, 5.74) is -0.0996. The Morgan fingerprint density at radius 1 is 1.19 bits per heavy atom. The van der Waals surface area contributed by atoms with E-state index in [1.807, 2.05) is 36.4 Å². The van der Waals surface area contributed by atoms with Crippen LogP contribution < -0.4 is 5.32 Å². The van der Waals surface area contributed by atoms with Gasteiger partial charge in [-0.15, -0.1) is 0 Å². The number of rotatable bonds is 6. The molecular weight excluding hydrogens is 481 g/mol. The number of amides is 2. The highest BCUT2D eigenvalue weighted by Gasteiger charge is 2.34. The molecule has 1 aliphatic rings. The first-order valence-electron chi connectivity index (χ1n) is 9.29. The van der Waals surface area contributed by atoms with Crippen molar-refractivity contribution in [2.24, 2.45) is 0 Å². The SMILES string of the molecule is O=C(CCN1C(=O)/C(=C/C=C/c2ccccc2)SC1=S)Nc1ccc(Cl)c(C(F)(F)F)c1. The van der Waals surface area contributed by atoms with Gasteiger partial charge >= 0.3 is 6.18 Å². The van der Waals surface area contributed by atoms with E-state index in [1.54, 1.807) is 12.2 Å². The largest absolute Gasteiger partial charge is 0.417 e. The number of thiocarbonyl (C=S) groups is 1. The van der Waals surface area contributed by atoms with Crippen molar-refractivity contribution in [3.8, 4) is 0 Å². The molecule has 1 fully saturated rings. The van der Waals surface area contributed by atoms with Crippen molar-refractivity contribution in [1.82, 2.24) is 4.90 Å². The molecule has 10 heteroatoms. The van der Waals surface area contributed by atoms with Crippen LogP contribution in [0.5, 0.6) is 0 Å². The average Bonchev–Trinajstić information content (AvgIpc) is 3.00. The molecule has 1 N–H and O–H groups in total. The highest BCUT2D eigenvalue weighted by Crippen LogP contribution is 2.36. The Labute approximate surface area is 197 Å². The molecule has 0 bridgehead atoms. The van der Waals surface area contributed by atoms with Gasteiger partial charge in [0, 0.05) is 18.7 Å². The molecule has 32 heavy (non-hydrogen) atoms. The normalized spacial score (nSPS) is 15.8. The predicted molar refractivity (Wildman–Crippen MR) is 125 cm³/mol. The number of carbonyl (C=O) groups excluding carboxylic acids is 2. The van der Waals surface area contributed by atoms with Gasteiger partial charge in [-0.2, -0.15) is 13.2 Å². The van der Waals surface area contributed by atoms with Crippen LogP contribution in [0.2, 0.25) is 5.02 Å². The molecule has 166 valence electrons. The second-order valence-electron chi connectivity index (χ2n) is 6.62. The number of allylic oxidation sites excluding steroid dienone is 2. The molecule has 1 saturated heterocycles. The van der Waals surface area contributed by atoms with Crippen LogP contribution in [0.1, 0.15) is 17.5 Å². The lowest BCUT2D eigenvalue weighted by atomic mass is 10.2. The Morgan fingerprint density at radius 2 is 1.91 bits per heavy atom. The molecule has 0 spiro atoms. The molecule has 0 saturated carbocycles. The fraction of sp³-hybridized carbons (Fsp3) is 0.136. The molecule has 0 unspecified atom stereocenters. The van der Waals surface area contributed by atoms with Gasteiger partial charge < -0.3 is 5.32 Å². The summed E-state index contributed by atoms with van der Waals surface area (Å²) in [6, 6.07) is 12.7. The summed E-state index contributed by atoms with van der Waals surface area (Å²) < 4.78 is 39.2. The number of carbonyl (C=O) groups is 2. The van der Waals surface area contributed by atoms with Crippen molar-refractivity contribution >= 4 is 63.5 Å². The van der Waals surface area contributed by atoms with Crippen molar-refractivity contribution in [3.05, 3.63) is 81.7 Å². The Balaban J connectivity index is 1.58. The zero-order valence-corrected chi connectivity index (χ0v) is 18.7. The van der Waals surface area contributed by atoms with E-state index in [0.717, 1.165) is 29.5 Å². The monoisotopic (exact) mass is 496 g/mol. The lowest BCUT2D eigenvalue weighted by Crippen LogP contribution is -2.31. The minimum absolute atomic E-state index is 0.00988. The molecule has 1 heterocycles. The molecule has 2 amide bonds. The van der Waals surface area contributed by atoms with Gasteiger partial charge in [-0.3, -0.25) is 14.5 Å². The molecule has 0 aromatic heterocycles.